The van der Waals surface area contributed by atoms with Crippen molar-refractivity contribution in [2.45, 2.75) is 19.9 Å². The molecule has 74 valence electrons. The molecular weight excluding hydrogens is 176 g/mol. The number of nitrogens with zero attached hydrogens (tertiary/aromatic N) is 1. The Balaban J connectivity index is 2.69. The molecule has 3 nitrogen and oxygen atoms in total. The molecule has 1 rings (SSSR count). The molecule has 3 heteroatoms. The fourth-order valence-corrected chi connectivity index (χ4v) is 1.28. The molecule has 0 aromatic carbocycles. The maximum atomic E-state index is 11.5. The topological polar surface area (TPSA) is 34.0 Å². The Hall–Kier alpha value is -1.69. The first-order valence-corrected chi connectivity index (χ1v) is 4.66. The van der Waals surface area contributed by atoms with Gasteiger partial charge in [0.1, 0.15) is 5.69 Å². The normalized spacial score (nSPS) is 9.43. The standard InChI is InChI=1S/C11H14N2O/c1-3-7-12-11(14)10-6-5-9-13(10)8-4-2/h1,5-6,9H,4,7-8H2,2H3,(H,12,14). The number of aromatic nitrogens is 1. The van der Waals surface area contributed by atoms with Gasteiger partial charge in [-0.05, 0) is 18.6 Å². The van der Waals surface area contributed by atoms with Gasteiger partial charge in [0, 0.05) is 12.7 Å². The van der Waals surface area contributed by atoms with E-state index < -0.39 is 0 Å². The van der Waals surface area contributed by atoms with Crippen LogP contribution in [0.25, 0.3) is 0 Å². The summed E-state index contributed by atoms with van der Waals surface area (Å²) in [7, 11) is 0. The van der Waals surface area contributed by atoms with Crippen molar-refractivity contribution in [2.24, 2.45) is 0 Å². The largest absolute Gasteiger partial charge is 0.344 e. The summed E-state index contributed by atoms with van der Waals surface area (Å²) in [6.07, 6.45) is 7.96. The molecule has 0 atom stereocenters. The quantitative estimate of drug-likeness (QED) is 0.712. The van der Waals surface area contributed by atoms with Crippen LogP contribution in [-0.4, -0.2) is 17.0 Å². The van der Waals surface area contributed by atoms with E-state index in [-0.39, 0.29) is 12.5 Å². The van der Waals surface area contributed by atoms with E-state index in [1.165, 1.54) is 0 Å². The minimum atomic E-state index is -0.110. The van der Waals surface area contributed by atoms with E-state index in [1.54, 1.807) is 6.07 Å². The van der Waals surface area contributed by atoms with E-state index in [1.807, 2.05) is 16.8 Å². The number of aryl methyl sites for hydroxylation is 1. The Kier molecular flexibility index (Phi) is 3.81. The molecule has 0 radical (unpaired) electrons. The summed E-state index contributed by atoms with van der Waals surface area (Å²) in [5, 5.41) is 2.64. The molecule has 1 heterocycles. The fourth-order valence-electron chi connectivity index (χ4n) is 1.28. The van der Waals surface area contributed by atoms with E-state index in [2.05, 4.69) is 18.2 Å². The monoisotopic (exact) mass is 190 g/mol. The van der Waals surface area contributed by atoms with Crippen molar-refractivity contribution in [3.8, 4) is 12.3 Å². The molecule has 0 saturated carbocycles. The van der Waals surface area contributed by atoms with Crippen molar-refractivity contribution in [1.29, 1.82) is 0 Å². The van der Waals surface area contributed by atoms with Gasteiger partial charge in [-0.3, -0.25) is 4.79 Å². The van der Waals surface area contributed by atoms with E-state index >= 15 is 0 Å². The fraction of sp³-hybridized carbons (Fsp3) is 0.364. The van der Waals surface area contributed by atoms with Crippen LogP contribution in [-0.2, 0) is 6.54 Å². The van der Waals surface area contributed by atoms with Gasteiger partial charge in [-0.25, -0.2) is 0 Å². The van der Waals surface area contributed by atoms with Gasteiger partial charge in [0.05, 0.1) is 6.54 Å². The van der Waals surface area contributed by atoms with Crippen LogP contribution in [0.2, 0.25) is 0 Å². The van der Waals surface area contributed by atoms with Crippen molar-refractivity contribution >= 4 is 5.91 Å². The van der Waals surface area contributed by atoms with E-state index in [0.29, 0.717) is 5.69 Å². The predicted molar refractivity (Wildman–Crippen MR) is 55.9 cm³/mol. The van der Waals surface area contributed by atoms with Gasteiger partial charge in [0.25, 0.3) is 5.91 Å². The van der Waals surface area contributed by atoms with Gasteiger partial charge < -0.3 is 9.88 Å². The zero-order valence-corrected chi connectivity index (χ0v) is 8.29. The summed E-state index contributed by atoms with van der Waals surface area (Å²) >= 11 is 0. The molecule has 0 saturated heterocycles. The van der Waals surface area contributed by atoms with Crippen LogP contribution in [0.5, 0.6) is 0 Å². The highest BCUT2D eigenvalue weighted by Crippen LogP contribution is 2.03. The van der Waals surface area contributed by atoms with Gasteiger partial charge in [-0.15, -0.1) is 6.42 Å². The summed E-state index contributed by atoms with van der Waals surface area (Å²) in [4.78, 5) is 11.5. The summed E-state index contributed by atoms with van der Waals surface area (Å²) in [5.74, 6) is 2.26. The molecular formula is C11H14N2O. The summed E-state index contributed by atoms with van der Waals surface area (Å²) < 4.78 is 1.92. The number of carbonyl (C=O) groups is 1. The Labute approximate surface area is 84.1 Å². The van der Waals surface area contributed by atoms with Crippen LogP contribution >= 0.6 is 0 Å². The minimum Gasteiger partial charge on any atom is -0.344 e. The first kappa shape index (κ1) is 10.4. The molecule has 1 aromatic rings. The Morgan fingerprint density at radius 3 is 3.14 bits per heavy atom. The van der Waals surface area contributed by atoms with Crippen molar-refractivity contribution in [3.05, 3.63) is 24.0 Å². The number of carbonyl (C=O) groups excluding carboxylic acids is 1. The molecule has 1 amide bonds. The third kappa shape index (κ3) is 2.40. The molecule has 1 aromatic heterocycles. The van der Waals surface area contributed by atoms with E-state index in [0.717, 1.165) is 13.0 Å². The maximum absolute atomic E-state index is 11.5. The smallest absolute Gasteiger partial charge is 0.268 e. The molecule has 0 aliphatic heterocycles. The molecule has 14 heavy (non-hydrogen) atoms. The molecule has 0 aliphatic carbocycles. The van der Waals surface area contributed by atoms with Crippen molar-refractivity contribution in [2.75, 3.05) is 6.54 Å². The van der Waals surface area contributed by atoms with Crippen molar-refractivity contribution < 1.29 is 4.79 Å². The number of rotatable bonds is 4. The average molecular weight is 190 g/mol. The summed E-state index contributed by atoms with van der Waals surface area (Å²) in [5.41, 5.74) is 0.669. The van der Waals surface area contributed by atoms with Gasteiger partial charge >= 0.3 is 0 Å². The maximum Gasteiger partial charge on any atom is 0.268 e. The Bertz CT molecular complexity index is 346. The number of terminal acetylenes is 1. The first-order chi connectivity index (χ1) is 6.79. The summed E-state index contributed by atoms with van der Waals surface area (Å²) in [6, 6.07) is 3.65. The SMILES string of the molecule is C#CCNC(=O)c1cccn1CCC. The number of amides is 1. The third-order valence-corrected chi connectivity index (χ3v) is 1.88. The highest BCUT2D eigenvalue weighted by Gasteiger charge is 2.08. The van der Waals surface area contributed by atoms with Gasteiger partial charge in [0.15, 0.2) is 0 Å². The highest BCUT2D eigenvalue weighted by molar-refractivity contribution is 5.92. The zero-order valence-electron chi connectivity index (χ0n) is 8.29. The molecule has 0 bridgehead atoms. The molecule has 1 N–H and O–H groups in total. The molecule has 0 unspecified atom stereocenters. The lowest BCUT2D eigenvalue weighted by atomic mass is 10.4. The number of hydrogen-bond acceptors (Lipinski definition) is 1. The van der Waals surface area contributed by atoms with Crippen LogP contribution in [0.1, 0.15) is 23.8 Å². The summed E-state index contributed by atoms with van der Waals surface area (Å²) in [6.45, 7) is 3.20. The van der Waals surface area contributed by atoms with Crippen LogP contribution in [0, 0.1) is 12.3 Å². The van der Waals surface area contributed by atoms with Gasteiger partial charge in [-0.2, -0.15) is 0 Å². The van der Waals surface area contributed by atoms with Crippen LogP contribution in [0.4, 0.5) is 0 Å². The second-order valence-corrected chi connectivity index (χ2v) is 2.97. The number of hydrogen-bond donors (Lipinski definition) is 1. The van der Waals surface area contributed by atoms with Gasteiger partial charge in [0.2, 0.25) is 0 Å². The lowest BCUT2D eigenvalue weighted by molar-refractivity contribution is 0.0949. The van der Waals surface area contributed by atoms with E-state index in [9.17, 15) is 4.79 Å². The Morgan fingerprint density at radius 1 is 1.71 bits per heavy atom. The van der Waals surface area contributed by atoms with E-state index in [4.69, 9.17) is 6.42 Å². The lowest BCUT2D eigenvalue weighted by Gasteiger charge is -2.06. The average Bonchev–Trinajstić information content (AvgIpc) is 2.63. The highest BCUT2D eigenvalue weighted by atomic mass is 16.1. The Morgan fingerprint density at radius 2 is 2.50 bits per heavy atom. The van der Waals surface area contributed by atoms with Crippen LogP contribution < -0.4 is 5.32 Å². The van der Waals surface area contributed by atoms with Crippen molar-refractivity contribution in [3.63, 3.8) is 0 Å². The lowest BCUT2D eigenvalue weighted by Crippen LogP contribution is -2.26. The molecule has 0 aliphatic rings. The van der Waals surface area contributed by atoms with Crippen molar-refractivity contribution in [1.82, 2.24) is 9.88 Å². The first-order valence-electron chi connectivity index (χ1n) is 4.66. The second-order valence-electron chi connectivity index (χ2n) is 2.97. The molecule has 0 fully saturated rings. The minimum absolute atomic E-state index is 0.110. The van der Waals surface area contributed by atoms with Crippen LogP contribution in [0.3, 0.4) is 0 Å². The third-order valence-electron chi connectivity index (χ3n) is 1.88. The zero-order chi connectivity index (χ0) is 10.4. The second kappa shape index (κ2) is 5.13. The number of nitrogens with one attached hydrogen (secondary N) is 1. The van der Waals surface area contributed by atoms with Gasteiger partial charge in [-0.1, -0.05) is 12.8 Å². The molecule has 0 spiro atoms. The predicted octanol–water partition coefficient (Wildman–Crippen LogP) is 1.26. The van der Waals surface area contributed by atoms with Crippen LogP contribution in [0.15, 0.2) is 18.3 Å².